The van der Waals surface area contributed by atoms with E-state index in [2.05, 4.69) is 57.8 Å². The van der Waals surface area contributed by atoms with Gasteiger partial charge in [0.25, 0.3) is 0 Å². The normalized spacial score (nSPS) is 20.5. The van der Waals surface area contributed by atoms with E-state index in [1.165, 1.54) is 5.56 Å². The molecule has 2 aromatic carbocycles. The number of benzene rings is 2. The highest BCUT2D eigenvalue weighted by molar-refractivity contribution is 14.0. The van der Waals surface area contributed by atoms with Crippen LogP contribution in [0.25, 0.3) is 0 Å². The molecule has 7 heteroatoms. The second-order valence-electron chi connectivity index (χ2n) is 7.94. The van der Waals surface area contributed by atoms with Crippen molar-refractivity contribution in [3.8, 4) is 0 Å². The van der Waals surface area contributed by atoms with Gasteiger partial charge in [-0.25, -0.2) is 0 Å². The third-order valence-corrected chi connectivity index (χ3v) is 6.91. The molecule has 1 heterocycles. The summed E-state index contributed by atoms with van der Waals surface area (Å²) in [4.78, 5) is 6.91. The summed E-state index contributed by atoms with van der Waals surface area (Å²) in [6.07, 6.45) is 2.19. The van der Waals surface area contributed by atoms with Gasteiger partial charge < -0.3 is 10.6 Å². The van der Waals surface area contributed by atoms with Gasteiger partial charge in [-0.1, -0.05) is 60.7 Å². The number of aliphatic imine (C=N–C) groups is 1. The quantitative estimate of drug-likeness (QED) is 0.297. The van der Waals surface area contributed by atoms with E-state index in [0.717, 1.165) is 37.5 Å². The smallest absolute Gasteiger partial charge is 0.191 e. The van der Waals surface area contributed by atoms with E-state index >= 15 is 0 Å². The third kappa shape index (κ3) is 8.90. The predicted octanol–water partition coefficient (Wildman–Crippen LogP) is 3.77. The zero-order chi connectivity index (χ0) is 21.2. The molecule has 3 atom stereocenters. The number of hydrogen-bond donors (Lipinski definition) is 2. The van der Waals surface area contributed by atoms with Crippen molar-refractivity contribution >= 4 is 40.7 Å². The van der Waals surface area contributed by atoms with E-state index in [0.29, 0.717) is 30.1 Å². The van der Waals surface area contributed by atoms with Crippen molar-refractivity contribution in [2.24, 2.45) is 4.99 Å². The minimum Gasteiger partial charge on any atom is -0.355 e. The molecule has 0 radical (unpaired) electrons. The van der Waals surface area contributed by atoms with Gasteiger partial charge in [0.15, 0.2) is 5.96 Å². The molecule has 3 rings (SSSR count). The number of rotatable bonds is 8. The van der Waals surface area contributed by atoms with Crippen LogP contribution < -0.4 is 10.6 Å². The Kier molecular flexibility index (Phi) is 11.5. The van der Waals surface area contributed by atoms with Crippen LogP contribution in [0.3, 0.4) is 0 Å². The molecule has 5 nitrogen and oxygen atoms in total. The topological polar surface area (TPSA) is 56.7 Å². The fraction of sp³-hybridized carbons (Fsp3) is 0.458. The van der Waals surface area contributed by atoms with E-state index < -0.39 is 10.8 Å². The first kappa shape index (κ1) is 25.8. The van der Waals surface area contributed by atoms with Gasteiger partial charge in [-0.05, 0) is 30.9 Å². The molecule has 3 unspecified atom stereocenters. The molecule has 170 valence electrons. The molecular formula is C24H35IN4OS. The Morgan fingerprint density at radius 1 is 1.10 bits per heavy atom. The number of guanidine groups is 1. The van der Waals surface area contributed by atoms with Crippen molar-refractivity contribution in [3.63, 3.8) is 0 Å². The molecule has 2 N–H and O–H groups in total. The van der Waals surface area contributed by atoms with Crippen LogP contribution in [0.4, 0.5) is 0 Å². The standard InChI is InChI=1S/C24H34N4OS.HI/c1-20-17-23(13-15-28(20)18-21-9-5-3-6-10-21)27-24(25-2)26-14-16-30(29)19-22-11-7-4-8-12-22;/h3-12,20,23H,13-19H2,1-2H3,(H2,25,26,27);1H. The molecule has 1 aliphatic rings. The molecule has 31 heavy (non-hydrogen) atoms. The molecule has 0 amide bonds. The summed E-state index contributed by atoms with van der Waals surface area (Å²) in [6, 6.07) is 21.6. The van der Waals surface area contributed by atoms with Gasteiger partial charge in [-0.2, -0.15) is 0 Å². The van der Waals surface area contributed by atoms with Gasteiger partial charge in [0.1, 0.15) is 0 Å². The van der Waals surface area contributed by atoms with Crippen LogP contribution in [0.15, 0.2) is 65.7 Å². The molecule has 0 aromatic heterocycles. The highest BCUT2D eigenvalue weighted by Gasteiger charge is 2.25. The molecule has 0 spiro atoms. The SMILES string of the molecule is CN=C(NCCS(=O)Cc1ccccc1)NC1CCN(Cc2ccccc2)C(C)C1.I. The Morgan fingerprint density at radius 2 is 1.74 bits per heavy atom. The lowest BCUT2D eigenvalue weighted by Gasteiger charge is -2.38. The van der Waals surface area contributed by atoms with Crippen molar-refractivity contribution in [1.29, 1.82) is 0 Å². The van der Waals surface area contributed by atoms with Crippen LogP contribution >= 0.6 is 24.0 Å². The van der Waals surface area contributed by atoms with Crippen molar-refractivity contribution in [1.82, 2.24) is 15.5 Å². The van der Waals surface area contributed by atoms with Gasteiger partial charge >= 0.3 is 0 Å². The van der Waals surface area contributed by atoms with Crippen LogP contribution in [-0.4, -0.2) is 53.0 Å². The van der Waals surface area contributed by atoms with E-state index in [9.17, 15) is 4.21 Å². The molecule has 0 aliphatic carbocycles. The molecule has 1 aliphatic heterocycles. The lowest BCUT2D eigenvalue weighted by Crippen LogP contribution is -2.51. The first-order chi connectivity index (χ1) is 14.6. The summed E-state index contributed by atoms with van der Waals surface area (Å²) in [5.41, 5.74) is 2.49. The summed E-state index contributed by atoms with van der Waals surface area (Å²) in [7, 11) is 0.918. The second kappa shape index (κ2) is 13.9. The first-order valence-corrected chi connectivity index (χ1v) is 12.3. The van der Waals surface area contributed by atoms with Crippen LogP contribution in [-0.2, 0) is 23.1 Å². The molecule has 1 fully saturated rings. The summed E-state index contributed by atoms with van der Waals surface area (Å²) in [5.74, 6) is 2.02. The van der Waals surface area contributed by atoms with Crippen molar-refractivity contribution < 1.29 is 4.21 Å². The number of piperidine rings is 1. The summed E-state index contributed by atoms with van der Waals surface area (Å²) in [5, 5.41) is 6.89. The summed E-state index contributed by atoms with van der Waals surface area (Å²) < 4.78 is 12.3. The van der Waals surface area contributed by atoms with E-state index in [-0.39, 0.29) is 24.0 Å². The van der Waals surface area contributed by atoms with Gasteiger partial charge in [-0.3, -0.25) is 14.1 Å². The molecule has 0 bridgehead atoms. The van der Waals surface area contributed by atoms with Crippen molar-refractivity contribution in [3.05, 3.63) is 71.8 Å². The highest BCUT2D eigenvalue weighted by atomic mass is 127. The summed E-state index contributed by atoms with van der Waals surface area (Å²) in [6.45, 7) is 5.04. The lowest BCUT2D eigenvalue weighted by atomic mass is 9.97. The zero-order valence-electron chi connectivity index (χ0n) is 18.5. The van der Waals surface area contributed by atoms with Crippen molar-refractivity contribution in [2.45, 2.75) is 44.1 Å². The average Bonchev–Trinajstić information content (AvgIpc) is 2.76. The Labute approximate surface area is 206 Å². The molecule has 0 saturated carbocycles. The number of likely N-dealkylation sites (tertiary alicyclic amines) is 1. The number of nitrogens with one attached hydrogen (secondary N) is 2. The number of hydrogen-bond acceptors (Lipinski definition) is 3. The fourth-order valence-electron chi connectivity index (χ4n) is 3.91. The monoisotopic (exact) mass is 554 g/mol. The van der Waals surface area contributed by atoms with Gasteiger partial charge in [0, 0.05) is 61.1 Å². The van der Waals surface area contributed by atoms with Gasteiger partial charge in [0.05, 0.1) is 0 Å². The van der Waals surface area contributed by atoms with Crippen LogP contribution in [0.2, 0.25) is 0 Å². The van der Waals surface area contributed by atoms with E-state index in [4.69, 9.17) is 0 Å². The van der Waals surface area contributed by atoms with Crippen LogP contribution in [0, 0.1) is 0 Å². The Hall–Kier alpha value is -1.45. The molecule has 2 aromatic rings. The molecular weight excluding hydrogens is 519 g/mol. The Balaban J connectivity index is 0.00000341. The number of nitrogens with zero attached hydrogens (tertiary/aromatic N) is 2. The van der Waals surface area contributed by atoms with Gasteiger partial charge in [0.2, 0.25) is 0 Å². The van der Waals surface area contributed by atoms with Crippen molar-refractivity contribution in [2.75, 3.05) is 25.9 Å². The minimum atomic E-state index is -0.878. The summed E-state index contributed by atoms with van der Waals surface area (Å²) >= 11 is 0. The Morgan fingerprint density at radius 3 is 2.35 bits per heavy atom. The third-order valence-electron chi connectivity index (χ3n) is 5.60. The minimum absolute atomic E-state index is 0. The predicted molar refractivity (Wildman–Crippen MR) is 142 cm³/mol. The average molecular weight is 555 g/mol. The van der Waals surface area contributed by atoms with Gasteiger partial charge in [-0.15, -0.1) is 24.0 Å². The van der Waals surface area contributed by atoms with Crippen LogP contribution in [0.5, 0.6) is 0 Å². The van der Waals surface area contributed by atoms with Crippen LogP contribution in [0.1, 0.15) is 30.9 Å². The second-order valence-corrected chi connectivity index (χ2v) is 9.52. The lowest BCUT2D eigenvalue weighted by molar-refractivity contribution is 0.134. The largest absolute Gasteiger partial charge is 0.355 e. The first-order valence-electron chi connectivity index (χ1n) is 10.8. The number of halogens is 1. The highest BCUT2D eigenvalue weighted by Crippen LogP contribution is 2.19. The molecule has 1 saturated heterocycles. The zero-order valence-corrected chi connectivity index (χ0v) is 21.6. The maximum atomic E-state index is 12.3. The Bertz CT molecular complexity index is 819. The maximum absolute atomic E-state index is 12.3. The maximum Gasteiger partial charge on any atom is 0.191 e. The van der Waals surface area contributed by atoms with E-state index in [1.807, 2.05) is 30.3 Å². The van der Waals surface area contributed by atoms with E-state index in [1.54, 1.807) is 7.05 Å². The fourth-order valence-corrected chi connectivity index (χ4v) is 4.95.